The lowest BCUT2D eigenvalue weighted by atomic mass is 10.2. The molecule has 0 aliphatic carbocycles. The van der Waals surface area contributed by atoms with Crippen LogP contribution in [0.5, 0.6) is 0 Å². The zero-order chi connectivity index (χ0) is 18.5. The van der Waals surface area contributed by atoms with Crippen LogP contribution in [0.4, 0.5) is 0 Å². The Labute approximate surface area is 153 Å². The van der Waals surface area contributed by atoms with Gasteiger partial charge in [0.2, 0.25) is 0 Å². The molecule has 134 valence electrons. The Morgan fingerprint density at radius 2 is 2.04 bits per heavy atom. The number of amides is 2. The fourth-order valence-electron chi connectivity index (χ4n) is 2.49. The highest BCUT2D eigenvalue weighted by Gasteiger charge is 2.13. The van der Waals surface area contributed by atoms with Gasteiger partial charge in [-0.15, -0.1) is 11.3 Å². The van der Waals surface area contributed by atoms with E-state index in [0.29, 0.717) is 35.3 Å². The monoisotopic (exact) mass is 370 g/mol. The quantitative estimate of drug-likeness (QED) is 0.648. The molecular formula is C18H18N4O3S. The molecule has 7 nitrogen and oxygen atoms in total. The van der Waals surface area contributed by atoms with Crippen LogP contribution in [0.15, 0.2) is 46.6 Å². The number of fused-ring (bicyclic) bond motifs is 1. The Bertz CT molecular complexity index is 982. The van der Waals surface area contributed by atoms with E-state index in [0.717, 1.165) is 0 Å². The van der Waals surface area contributed by atoms with Gasteiger partial charge < -0.3 is 15.2 Å². The maximum absolute atomic E-state index is 12.2. The molecule has 2 N–H and O–H groups in total. The molecule has 0 spiro atoms. The van der Waals surface area contributed by atoms with Gasteiger partial charge >= 0.3 is 0 Å². The molecule has 0 bridgehead atoms. The van der Waals surface area contributed by atoms with Crippen molar-refractivity contribution in [1.82, 2.24) is 20.2 Å². The van der Waals surface area contributed by atoms with Crippen molar-refractivity contribution < 1.29 is 9.59 Å². The highest BCUT2D eigenvalue weighted by atomic mass is 32.1. The lowest BCUT2D eigenvalue weighted by Crippen LogP contribution is -2.32. The van der Waals surface area contributed by atoms with Gasteiger partial charge in [0.15, 0.2) is 5.82 Å². The second kappa shape index (κ2) is 7.92. The molecule has 26 heavy (non-hydrogen) atoms. The summed E-state index contributed by atoms with van der Waals surface area (Å²) in [6.45, 7) is 0.885. The van der Waals surface area contributed by atoms with Gasteiger partial charge in [0.05, 0.1) is 15.8 Å². The highest BCUT2D eigenvalue weighted by Crippen LogP contribution is 2.11. The van der Waals surface area contributed by atoms with Crippen LogP contribution < -0.4 is 10.9 Å². The van der Waals surface area contributed by atoms with Gasteiger partial charge in [0.1, 0.15) is 0 Å². The molecule has 0 radical (unpaired) electrons. The SMILES string of the molecule is CN(CCCNC(=O)c1nc2ccccc2c(=O)[nH]1)C(=O)c1cccs1. The standard InChI is InChI=1S/C18H18N4O3S/c1-22(18(25)14-8-4-11-26-14)10-5-9-19-17(24)15-20-13-7-3-2-6-12(13)16(23)21-15/h2-4,6-8,11H,5,9-10H2,1H3,(H,19,24)(H,20,21,23). The van der Waals surface area contributed by atoms with Gasteiger partial charge in [-0.25, -0.2) is 4.98 Å². The van der Waals surface area contributed by atoms with Crippen molar-refractivity contribution in [3.8, 4) is 0 Å². The summed E-state index contributed by atoms with van der Waals surface area (Å²) < 4.78 is 0. The van der Waals surface area contributed by atoms with E-state index in [9.17, 15) is 14.4 Å². The maximum Gasteiger partial charge on any atom is 0.287 e. The topological polar surface area (TPSA) is 95.2 Å². The van der Waals surface area contributed by atoms with Crippen molar-refractivity contribution in [3.63, 3.8) is 0 Å². The molecule has 0 fully saturated rings. The van der Waals surface area contributed by atoms with Gasteiger partial charge in [0, 0.05) is 20.1 Å². The average molecular weight is 370 g/mol. The predicted molar refractivity (Wildman–Crippen MR) is 101 cm³/mol. The Balaban J connectivity index is 1.53. The zero-order valence-corrected chi connectivity index (χ0v) is 15.0. The molecule has 0 unspecified atom stereocenters. The molecule has 0 atom stereocenters. The van der Waals surface area contributed by atoms with Crippen LogP contribution in [0.3, 0.4) is 0 Å². The van der Waals surface area contributed by atoms with E-state index in [1.807, 2.05) is 11.4 Å². The zero-order valence-electron chi connectivity index (χ0n) is 14.2. The summed E-state index contributed by atoms with van der Waals surface area (Å²) in [6.07, 6.45) is 0.594. The first-order valence-electron chi connectivity index (χ1n) is 8.12. The van der Waals surface area contributed by atoms with Crippen LogP contribution in [0.2, 0.25) is 0 Å². The highest BCUT2D eigenvalue weighted by molar-refractivity contribution is 7.12. The van der Waals surface area contributed by atoms with E-state index >= 15 is 0 Å². The number of thiophene rings is 1. The van der Waals surface area contributed by atoms with Crippen LogP contribution in [0.1, 0.15) is 26.7 Å². The minimum Gasteiger partial charge on any atom is -0.349 e. The number of carbonyl (C=O) groups is 2. The molecule has 2 aromatic heterocycles. The Morgan fingerprint density at radius 3 is 2.81 bits per heavy atom. The third-order valence-corrected chi connectivity index (χ3v) is 4.72. The van der Waals surface area contributed by atoms with Crippen LogP contribution in [0.25, 0.3) is 10.9 Å². The number of hydrogen-bond donors (Lipinski definition) is 2. The number of aromatic nitrogens is 2. The number of rotatable bonds is 6. The van der Waals surface area contributed by atoms with E-state index in [-0.39, 0.29) is 17.3 Å². The van der Waals surface area contributed by atoms with Gasteiger partial charge in [-0.3, -0.25) is 14.4 Å². The summed E-state index contributed by atoms with van der Waals surface area (Å²) in [5.41, 5.74) is 0.129. The van der Waals surface area contributed by atoms with Crippen molar-refractivity contribution in [1.29, 1.82) is 0 Å². The van der Waals surface area contributed by atoms with E-state index in [1.54, 1.807) is 42.3 Å². The van der Waals surface area contributed by atoms with Crippen LogP contribution in [-0.2, 0) is 0 Å². The minimum atomic E-state index is -0.444. The first-order chi connectivity index (χ1) is 12.6. The number of benzene rings is 1. The summed E-state index contributed by atoms with van der Waals surface area (Å²) in [6, 6.07) is 10.5. The molecule has 2 amide bonds. The first-order valence-corrected chi connectivity index (χ1v) is 9.00. The van der Waals surface area contributed by atoms with Gasteiger partial charge in [-0.2, -0.15) is 0 Å². The Hall–Kier alpha value is -3.00. The van der Waals surface area contributed by atoms with E-state index < -0.39 is 5.91 Å². The summed E-state index contributed by atoms with van der Waals surface area (Å²) >= 11 is 1.40. The molecule has 3 aromatic rings. The van der Waals surface area contributed by atoms with E-state index in [4.69, 9.17) is 0 Å². The number of H-pyrrole nitrogens is 1. The third-order valence-electron chi connectivity index (χ3n) is 3.86. The summed E-state index contributed by atoms with van der Waals surface area (Å²) in [7, 11) is 1.73. The van der Waals surface area contributed by atoms with Crippen LogP contribution in [-0.4, -0.2) is 46.8 Å². The number of nitrogens with one attached hydrogen (secondary N) is 2. The summed E-state index contributed by atoms with van der Waals surface area (Å²) in [5, 5.41) is 5.02. The fraction of sp³-hybridized carbons (Fsp3) is 0.222. The number of para-hydroxylation sites is 1. The minimum absolute atomic E-state index is 0.0169. The number of hydrogen-bond acceptors (Lipinski definition) is 5. The van der Waals surface area contributed by atoms with Gasteiger partial charge in [0.25, 0.3) is 17.4 Å². The molecule has 0 saturated carbocycles. The first kappa shape index (κ1) is 17.8. The van der Waals surface area contributed by atoms with Crippen molar-refractivity contribution in [2.24, 2.45) is 0 Å². The fourth-order valence-corrected chi connectivity index (χ4v) is 3.20. The molecule has 0 aliphatic heterocycles. The number of carbonyl (C=O) groups excluding carboxylic acids is 2. The van der Waals surface area contributed by atoms with Crippen molar-refractivity contribution in [2.75, 3.05) is 20.1 Å². The maximum atomic E-state index is 12.2. The van der Waals surface area contributed by atoms with Crippen molar-refractivity contribution in [3.05, 3.63) is 62.8 Å². The molecule has 1 aromatic carbocycles. The normalized spacial score (nSPS) is 10.7. The van der Waals surface area contributed by atoms with Crippen LogP contribution in [0, 0.1) is 0 Å². The largest absolute Gasteiger partial charge is 0.349 e. The number of aromatic amines is 1. The molecular weight excluding hydrogens is 352 g/mol. The van der Waals surface area contributed by atoms with E-state index in [1.165, 1.54) is 11.3 Å². The van der Waals surface area contributed by atoms with Gasteiger partial charge in [-0.1, -0.05) is 18.2 Å². The summed E-state index contributed by atoms with van der Waals surface area (Å²) in [4.78, 5) is 45.3. The van der Waals surface area contributed by atoms with Crippen molar-refractivity contribution in [2.45, 2.75) is 6.42 Å². The predicted octanol–water partition coefficient (Wildman–Crippen LogP) is 1.88. The number of nitrogens with zero attached hydrogens (tertiary/aromatic N) is 2. The lowest BCUT2D eigenvalue weighted by molar-refractivity contribution is 0.0798. The van der Waals surface area contributed by atoms with Crippen LogP contribution >= 0.6 is 11.3 Å². The smallest absolute Gasteiger partial charge is 0.287 e. The molecule has 0 saturated heterocycles. The second-order valence-corrected chi connectivity index (χ2v) is 6.69. The molecule has 0 aliphatic rings. The lowest BCUT2D eigenvalue weighted by Gasteiger charge is -2.16. The Morgan fingerprint density at radius 1 is 1.23 bits per heavy atom. The second-order valence-electron chi connectivity index (χ2n) is 5.75. The summed E-state index contributed by atoms with van der Waals surface area (Å²) in [5.74, 6) is -0.497. The molecule has 2 heterocycles. The average Bonchev–Trinajstić information content (AvgIpc) is 3.19. The molecule has 3 rings (SSSR count). The Kier molecular flexibility index (Phi) is 5.43. The van der Waals surface area contributed by atoms with Crippen molar-refractivity contribution >= 4 is 34.1 Å². The third kappa shape index (κ3) is 3.97. The van der Waals surface area contributed by atoms with Gasteiger partial charge in [-0.05, 0) is 30.0 Å². The van der Waals surface area contributed by atoms with E-state index in [2.05, 4.69) is 15.3 Å². The molecule has 8 heteroatoms.